The van der Waals surface area contributed by atoms with Crippen LogP contribution in [0, 0.1) is 0 Å². The molecule has 2 rings (SSSR count). The normalized spacial score (nSPS) is 12.1. The fourth-order valence-electron chi connectivity index (χ4n) is 2.79. The average molecular weight is 444 g/mol. The van der Waals surface area contributed by atoms with E-state index < -0.39 is 28.0 Å². The summed E-state index contributed by atoms with van der Waals surface area (Å²) < 4.78 is 67.6. The maximum Gasteiger partial charge on any atom is 0.573 e. The highest BCUT2D eigenvalue weighted by Crippen LogP contribution is 2.30. The Kier molecular flexibility index (Phi) is 7.85. The number of hydrogen-bond acceptors (Lipinski definition) is 4. The molecule has 0 aromatic heterocycles. The average Bonchev–Trinajstić information content (AvgIpc) is 2.68. The van der Waals surface area contributed by atoms with Crippen molar-refractivity contribution in [3.63, 3.8) is 0 Å². The van der Waals surface area contributed by atoms with Gasteiger partial charge in [0.25, 0.3) is 0 Å². The molecule has 1 N–H and O–H groups in total. The number of halogens is 3. The van der Waals surface area contributed by atoms with Gasteiger partial charge in [-0.2, -0.15) is 4.31 Å². The molecule has 0 atom stereocenters. The van der Waals surface area contributed by atoms with Crippen LogP contribution in [0.15, 0.2) is 53.4 Å². The molecule has 0 fully saturated rings. The predicted octanol–water partition coefficient (Wildman–Crippen LogP) is 4.19. The summed E-state index contributed by atoms with van der Waals surface area (Å²) in [6.07, 6.45) is -4.57. The molecular weight excluding hydrogens is 421 g/mol. The Morgan fingerprint density at radius 3 is 2.20 bits per heavy atom. The Balaban J connectivity index is 1.99. The third-order valence-electron chi connectivity index (χ3n) is 4.29. The second kappa shape index (κ2) is 9.94. The highest BCUT2D eigenvalue weighted by atomic mass is 32.2. The highest BCUT2D eigenvalue weighted by Gasteiger charge is 2.32. The molecule has 0 saturated heterocycles. The lowest BCUT2D eigenvalue weighted by Crippen LogP contribution is -2.30. The van der Waals surface area contributed by atoms with Gasteiger partial charge in [0.05, 0.1) is 10.6 Å². The van der Waals surface area contributed by atoms with Crippen molar-refractivity contribution in [2.24, 2.45) is 0 Å². The summed E-state index contributed by atoms with van der Waals surface area (Å²) in [6, 6.07) is 11.5. The number of para-hydroxylation sites is 2. The summed E-state index contributed by atoms with van der Waals surface area (Å²) in [7, 11) is -3.56. The lowest BCUT2D eigenvalue weighted by atomic mass is 10.1. The fourth-order valence-corrected chi connectivity index (χ4v) is 4.25. The molecule has 0 aliphatic carbocycles. The first-order valence-corrected chi connectivity index (χ1v) is 10.7. The monoisotopic (exact) mass is 444 g/mol. The Morgan fingerprint density at radius 1 is 1.03 bits per heavy atom. The number of aryl methyl sites for hydroxylation is 1. The van der Waals surface area contributed by atoms with Gasteiger partial charge in [-0.15, -0.1) is 13.2 Å². The number of anilines is 1. The fraction of sp³-hybridized carbons (Fsp3) is 0.350. The summed E-state index contributed by atoms with van der Waals surface area (Å²) >= 11 is 0. The van der Waals surface area contributed by atoms with Crippen LogP contribution in [0.5, 0.6) is 5.75 Å². The molecule has 10 heteroatoms. The van der Waals surface area contributed by atoms with Gasteiger partial charge in [0.2, 0.25) is 15.9 Å². The number of carbonyl (C=O) groups excluding carboxylic acids is 1. The van der Waals surface area contributed by atoms with Crippen LogP contribution in [0.25, 0.3) is 0 Å². The second-order valence-corrected chi connectivity index (χ2v) is 8.26. The molecule has 2 aromatic carbocycles. The molecule has 6 nitrogen and oxygen atoms in total. The largest absolute Gasteiger partial charge is 0.573 e. The first-order chi connectivity index (χ1) is 14.1. The van der Waals surface area contributed by atoms with Gasteiger partial charge < -0.3 is 10.1 Å². The lowest BCUT2D eigenvalue weighted by molar-refractivity contribution is -0.274. The number of carbonyl (C=O) groups is 1. The smallest absolute Gasteiger partial charge is 0.404 e. The summed E-state index contributed by atoms with van der Waals surface area (Å²) in [5, 5.41) is 2.40. The van der Waals surface area contributed by atoms with Crippen LogP contribution in [0.2, 0.25) is 0 Å². The molecule has 0 spiro atoms. The van der Waals surface area contributed by atoms with Gasteiger partial charge in [-0.05, 0) is 36.2 Å². The molecule has 164 valence electrons. The molecule has 1 amide bonds. The zero-order valence-electron chi connectivity index (χ0n) is 16.6. The van der Waals surface area contributed by atoms with Crippen molar-refractivity contribution in [2.45, 2.75) is 37.9 Å². The van der Waals surface area contributed by atoms with Crippen molar-refractivity contribution in [1.29, 1.82) is 0 Å². The van der Waals surface area contributed by atoms with Crippen LogP contribution in [0.1, 0.15) is 25.8 Å². The van der Waals surface area contributed by atoms with Crippen LogP contribution in [0.3, 0.4) is 0 Å². The van der Waals surface area contributed by atoms with Crippen molar-refractivity contribution in [2.75, 3.05) is 18.4 Å². The van der Waals surface area contributed by atoms with E-state index in [2.05, 4.69) is 10.1 Å². The minimum absolute atomic E-state index is 0.00247. The van der Waals surface area contributed by atoms with E-state index >= 15 is 0 Å². The van der Waals surface area contributed by atoms with Gasteiger partial charge in [0.15, 0.2) is 5.75 Å². The zero-order chi connectivity index (χ0) is 22.4. The summed E-state index contributed by atoms with van der Waals surface area (Å²) in [4.78, 5) is 12.3. The SMILES string of the molecule is CCN(CC)S(=O)(=O)c1ccc(CCC(=O)Nc2ccccc2OC(F)(F)F)cc1. The van der Waals surface area contributed by atoms with Crippen LogP contribution >= 0.6 is 0 Å². The molecule has 30 heavy (non-hydrogen) atoms. The van der Waals surface area contributed by atoms with E-state index in [1.54, 1.807) is 26.0 Å². The van der Waals surface area contributed by atoms with E-state index in [0.717, 1.165) is 11.6 Å². The standard InChI is InChI=1S/C20H23F3N2O4S/c1-3-25(4-2)30(27,28)16-12-9-15(10-13-16)11-14-19(26)24-17-7-5-6-8-18(17)29-20(21,22)23/h5-10,12-13H,3-4,11,14H2,1-2H3,(H,24,26). The third kappa shape index (κ3) is 6.46. The zero-order valence-corrected chi connectivity index (χ0v) is 17.4. The number of sulfonamides is 1. The number of nitrogens with one attached hydrogen (secondary N) is 1. The van der Waals surface area contributed by atoms with Crippen molar-refractivity contribution >= 4 is 21.6 Å². The minimum Gasteiger partial charge on any atom is -0.404 e. The maximum atomic E-state index is 12.5. The Morgan fingerprint density at radius 2 is 1.63 bits per heavy atom. The minimum atomic E-state index is -4.87. The molecule has 0 radical (unpaired) electrons. The van der Waals surface area contributed by atoms with E-state index in [1.807, 2.05) is 0 Å². The van der Waals surface area contributed by atoms with Crippen molar-refractivity contribution in [3.8, 4) is 5.75 Å². The number of alkyl halides is 3. The topological polar surface area (TPSA) is 75.7 Å². The molecule has 0 bridgehead atoms. The van der Waals surface area contributed by atoms with Gasteiger partial charge in [-0.25, -0.2) is 8.42 Å². The van der Waals surface area contributed by atoms with Crippen LogP contribution in [-0.2, 0) is 21.2 Å². The number of rotatable bonds is 9. The van der Waals surface area contributed by atoms with Crippen molar-refractivity contribution < 1.29 is 31.1 Å². The van der Waals surface area contributed by atoms with Crippen LogP contribution < -0.4 is 10.1 Å². The lowest BCUT2D eigenvalue weighted by Gasteiger charge is -2.18. The van der Waals surface area contributed by atoms with E-state index in [0.29, 0.717) is 19.5 Å². The van der Waals surface area contributed by atoms with Gasteiger partial charge in [-0.3, -0.25) is 4.79 Å². The Bertz CT molecular complexity index is 957. The maximum absolute atomic E-state index is 12.5. The summed E-state index contributed by atoms with van der Waals surface area (Å²) in [5.41, 5.74) is 0.643. The van der Waals surface area contributed by atoms with E-state index in [1.165, 1.54) is 34.6 Å². The van der Waals surface area contributed by atoms with Crippen LogP contribution in [0.4, 0.5) is 18.9 Å². The number of ether oxygens (including phenoxy) is 1. The molecule has 0 saturated carbocycles. The molecule has 0 heterocycles. The van der Waals surface area contributed by atoms with Crippen LogP contribution in [-0.4, -0.2) is 38.1 Å². The summed E-state index contributed by atoms with van der Waals surface area (Å²) in [6.45, 7) is 4.23. The quantitative estimate of drug-likeness (QED) is 0.629. The van der Waals surface area contributed by atoms with Gasteiger partial charge in [0, 0.05) is 19.5 Å². The third-order valence-corrected chi connectivity index (χ3v) is 6.36. The Labute approximate surface area is 173 Å². The van der Waals surface area contributed by atoms with Crippen molar-refractivity contribution in [3.05, 3.63) is 54.1 Å². The number of hydrogen-bond donors (Lipinski definition) is 1. The van der Waals surface area contributed by atoms with Gasteiger partial charge in [-0.1, -0.05) is 38.1 Å². The molecule has 0 aliphatic heterocycles. The molecule has 2 aromatic rings. The first kappa shape index (κ1) is 23.7. The molecular formula is C20H23F3N2O4S. The number of benzene rings is 2. The van der Waals surface area contributed by atoms with E-state index in [-0.39, 0.29) is 17.0 Å². The second-order valence-electron chi connectivity index (χ2n) is 6.33. The molecule has 0 aliphatic rings. The van der Waals surface area contributed by atoms with Gasteiger partial charge in [0.1, 0.15) is 0 Å². The first-order valence-electron chi connectivity index (χ1n) is 9.30. The summed E-state index contributed by atoms with van der Waals surface area (Å²) in [5.74, 6) is -0.989. The van der Waals surface area contributed by atoms with E-state index in [9.17, 15) is 26.4 Å². The number of nitrogens with zero attached hydrogens (tertiary/aromatic N) is 1. The van der Waals surface area contributed by atoms with E-state index in [4.69, 9.17) is 0 Å². The Hall–Kier alpha value is -2.59. The highest BCUT2D eigenvalue weighted by molar-refractivity contribution is 7.89. The predicted molar refractivity (Wildman–Crippen MR) is 107 cm³/mol. The number of amides is 1. The molecule has 0 unspecified atom stereocenters. The van der Waals surface area contributed by atoms with Crippen molar-refractivity contribution in [1.82, 2.24) is 4.31 Å². The van der Waals surface area contributed by atoms with Gasteiger partial charge >= 0.3 is 6.36 Å².